The number of rotatable bonds is 3. The highest BCUT2D eigenvalue weighted by Gasteiger charge is 2.24. The van der Waals surface area contributed by atoms with Crippen LogP contribution >= 0.6 is 11.8 Å². The lowest BCUT2D eigenvalue weighted by atomic mass is 10.0. The van der Waals surface area contributed by atoms with Gasteiger partial charge in [-0.05, 0) is 24.5 Å². The van der Waals surface area contributed by atoms with Crippen molar-refractivity contribution in [3.8, 4) is 0 Å². The molecule has 126 valence electrons. The molecule has 0 spiro atoms. The van der Waals surface area contributed by atoms with Crippen LogP contribution in [0.25, 0.3) is 0 Å². The Morgan fingerprint density at radius 2 is 2.29 bits per heavy atom. The van der Waals surface area contributed by atoms with Gasteiger partial charge in [0, 0.05) is 30.7 Å². The second kappa shape index (κ2) is 6.47. The summed E-state index contributed by atoms with van der Waals surface area (Å²) in [6.45, 7) is 1.45. The fraction of sp³-hybridized carbons (Fsp3) is 0.471. The molecule has 0 unspecified atom stereocenters. The van der Waals surface area contributed by atoms with E-state index >= 15 is 0 Å². The molecule has 0 bridgehead atoms. The zero-order chi connectivity index (χ0) is 16.5. The minimum absolute atomic E-state index is 0.0583. The Labute approximate surface area is 145 Å². The number of nitrogens with zero attached hydrogens (tertiary/aromatic N) is 4. The minimum atomic E-state index is -0.0583. The summed E-state index contributed by atoms with van der Waals surface area (Å²) in [4.78, 5) is 15.6. The van der Waals surface area contributed by atoms with E-state index in [0.29, 0.717) is 6.54 Å². The van der Waals surface area contributed by atoms with E-state index in [0.717, 1.165) is 43.2 Å². The van der Waals surface area contributed by atoms with E-state index < -0.39 is 0 Å². The molecule has 0 aliphatic carbocycles. The summed E-state index contributed by atoms with van der Waals surface area (Å²) in [6, 6.07) is 8.35. The third-order valence-corrected chi connectivity index (χ3v) is 5.79. The molecule has 0 saturated heterocycles. The molecule has 1 N–H and O–H groups in total. The van der Waals surface area contributed by atoms with E-state index in [-0.39, 0.29) is 12.1 Å². The zero-order valence-corrected chi connectivity index (χ0v) is 14.6. The first kappa shape index (κ1) is 15.5. The van der Waals surface area contributed by atoms with Crippen LogP contribution in [0.1, 0.15) is 36.1 Å². The van der Waals surface area contributed by atoms with Crippen molar-refractivity contribution in [2.24, 2.45) is 0 Å². The summed E-state index contributed by atoms with van der Waals surface area (Å²) < 4.78 is 2.14. The summed E-state index contributed by atoms with van der Waals surface area (Å²) >= 11 is 1.86. The predicted octanol–water partition coefficient (Wildman–Crippen LogP) is 2.60. The monoisotopic (exact) mass is 343 g/mol. The lowest BCUT2D eigenvalue weighted by Gasteiger charge is -2.28. The van der Waals surface area contributed by atoms with E-state index in [1.165, 1.54) is 10.5 Å². The van der Waals surface area contributed by atoms with Crippen LogP contribution in [0, 0.1) is 0 Å². The van der Waals surface area contributed by atoms with Crippen molar-refractivity contribution < 1.29 is 4.79 Å². The van der Waals surface area contributed by atoms with Gasteiger partial charge in [-0.25, -0.2) is 4.79 Å². The summed E-state index contributed by atoms with van der Waals surface area (Å²) in [6.07, 6.45) is 3.06. The highest BCUT2D eigenvalue weighted by molar-refractivity contribution is 7.99. The maximum atomic E-state index is 12.6. The Bertz CT molecular complexity index is 759. The second-order valence-corrected chi connectivity index (χ2v) is 7.46. The Balaban J connectivity index is 1.43. The topological polar surface area (TPSA) is 63.1 Å². The molecule has 24 heavy (non-hydrogen) atoms. The minimum Gasteiger partial charge on any atom is -0.331 e. The Morgan fingerprint density at radius 3 is 3.21 bits per heavy atom. The van der Waals surface area contributed by atoms with E-state index in [9.17, 15) is 4.79 Å². The molecule has 3 heterocycles. The van der Waals surface area contributed by atoms with E-state index in [2.05, 4.69) is 32.2 Å². The van der Waals surface area contributed by atoms with Gasteiger partial charge in [-0.2, -0.15) is 0 Å². The van der Waals surface area contributed by atoms with Gasteiger partial charge in [0.05, 0.1) is 12.6 Å². The number of amides is 2. The van der Waals surface area contributed by atoms with Gasteiger partial charge in [0.2, 0.25) is 0 Å². The van der Waals surface area contributed by atoms with Gasteiger partial charge in [-0.1, -0.05) is 18.2 Å². The number of carbonyl (C=O) groups excluding carboxylic acids is 1. The maximum Gasteiger partial charge on any atom is 0.318 e. The van der Waals surface area contributed by atoms with Crippen LogP contribution < -0.4 is 5.32 Å². The van der Waals surface area contributed by atoms with E-state index in [4.69, 9.17) is 0 Å². The van der Waals surface area contributed by atoms with Crippen molar-refractivity contribution in [3.63, 3.8) is 0 Å². The largest absolute Gasteiger partial charge is 0.331 e. The lowest BCUT2D eigenvalue weighted by molar-refractivity contribution is 0.200. The second-order valence-electron chi connectivity index (χ2n) is 6.32. The van der Waals surface area contributed by atoms with Gasteiger partial charge in [-0.3, -0.25) is 0 Å². The molecule has 2 amide bonds. The first-order valence-corrected chi connectivity index (χ1v) is 9.35. The molecule has 7 heteroatoms. The molecule has 0 saturated carbocycles. The fourth-order valence-corrected chi connectivity index (χ4v) is 4.49. The van der Waals surface area contributed by atoms with Crippen LogP contribution in [-0.2, 0) is 19.5 Å². The molecule has 0 radical (unpaired) electrons. The van der Waals surface area contributed by atoms with Crippen molar-refractivity contribution in [3.05, 3.63) is 41.5 Å². The van der Waals surface area contributed by atoms with Crippen LogP contribution in [0.4, 0.5) is 4.79 Å². The Kier molecular flexibility index (Phi) is 4.18. The van der Waals surface area contributed by atoms with Crippen LogP contribution in [-0.4, -0.2) is 38.5 Å². The van der Waals surface area contributed by atoms with Crippen LogP contribution in [0.5, 0.6) is 0 Å². The molecule has 6 nitrogen and oxygen atoms in total. The Hall–Kier alpha value is -2.02. The number of hydrogen-bond donors (Lipinski definition) is 1. The average molecular weight is 343 g/mol. The molecule has 1 atom stereocenters. The highest BCUT2D eigenvalue weighted by Crippen LogP contribution is 2.35. The quantitative estimate of drug-likeness (QED) is 0.930. The number of carbonyl (C=O) groups is 1. The van der Waals surface area contributed by atoms with Crippen LogP contribution in [0.3, 0.4) is 0 Å². The van der Waals surface area contributed by atoms with Gasteiger partial charge in [-0.15, -0.1) is 22.0 Å². The number of benzene rings is 1. The number of nitrogens with one attached hydrogen (secondary N) is 1. The lowest BCUT2D eigenvalue weighted by Crippen LogP contribution is -2.40. The molecule has 1 aromatic carbocycles. The van der Waals surface area contributed by atoms with Gasteiger partial charge in [0.1, 0.15) is 5.82 Å². The standard InChI is InChI=1S/C17H21N5OS/c1-21(11-16-20-19-15-7-4-9-22(15)16)17(23)18-13-8-10-24-14-6-3-2-5-12(13)14/h2-3,5-6,13H,4,7-11H2,1H3,(H,18,23)/t13-/m0/s1. The van der Waals surface area contributed by atoms with Crippen molar-refractivity contribution in [2.45, 2.75) is 43.3 Å². The fourth-order valence-electron chi connectivity index (χ4n) is 3.36. The van der Waals surface area contributed by atoms with E-state index in [1.54, 1.807) is 4.90 Å². The number of hydrogen-bond acceptors (Lipinski definition) is 4. The number of fused-ring (bicyclic) bond motifs is 2. The van der Waals surface area contributed by atoms with Gasteiger partial charge >= 0.3 is 6.03 Å². The molecule has 2 aromatic rings. The maximum absolute atomic E-state index is 12.6. The zero-order valence-electron chi connectivity index (χ0n) is 13.7. The van der Waals surface area contributed by atoms with Crippen molar-refractivity contribution in [1.29, 1.82) is 0 Å². The summed E-state index contributed by atoms with van der Waals surface area (Å²) in [5.41, 5.74) is 1.22. The highest BCUT2D eigenvalue weighted by atomic mass is 32.2. The number of urea groups is 1. The van der Waals surface area contributed by atoms with Gasteiger partial charge < -0.3 is 14.8 Å². The summed E-state index contributed by atoms with van der Waals surface area (Å²) in [7, 11) is 1.81. The van der Waals surface area contributed by atoms with Crippen molar-refractivity contribution >= 4 is 17.8 Å². The first-order chi connectivity index (χ1) is 11.7. The van der Waals surface area contributed by atoms with Gasteiger partial charge in [0.15, 0.2) is 5.82 Å². The molecule has 2 aliphatic rings. The molecular weight excluding hydrogens is 322 g/mol. The Morgan fingerprint density at radius 1 is 1.42 bits per heavy atom. The summed E-state index contributed by atoms with van der Waals surface area (Å²) in [5.74, 6) is 2.94. The predicted molar refractivity (Wildman–Crippen MR) is 92.9 cm³/mol. The third-order valence-electron chi connectivity index (χ3n) is 4.67. The normalized spacial score (nSPS) is 18.8. The summed E-state index contributed by atoms with van der Waals surface area (Å²) in [5, 5.41) is 11.6. The first-order valence-electron chi connectivity index (χ1n) is 8.36. The SMILES string of the molecule is CN(Cc1nnc2n1CCC2)C(=O)N[C@H]1CCSc2ccccc21. The smallest absolute Gasteiger partial charge is 0.318 e. The molecule has 2 aliphatic heterocycles. The van der Waals surface area contributed by atoms with Gasteiger partial charge in [0.25, 0.3) is 0 Å². The third kappa shape index (κ3) is 2.88. The van der Waals surface area contributed by atoms with Crippen LogP contribution in [0.15, 0.2) is 29.2 Å². The number of aryl methyl sites for hydroxylation is 1. The van der Waals surface area contributed by atoms with E-state index in [1.807, 2.05) is 30.9 Å². The molecule has 1 aromatic heterocycles. The average Bonchev–Trinajstić information content (AvgIpc) is 3.20. The van der Waals surface area contributed by atoms with Crippen LogP contribution in [0.2, 0.25) is 0 Å². The molecule has 4 rings (SSSR count). The molecular formula is C17H21N5OS. The number of aromatic nitrogens is 3. The van der Waals surface area contributed by atoms with Crippen molar-refractivity contribution in [1.82, 2.24) is 25.0 Å². The van der Waals surface area contributed by atoms with Crippen molar-refractivity contribution in [2.75, 3.05) is 12.8 Å². The number of thioether (sulfide) groups is 1. The molecule has 0 fully saturated rings.